The number of morpholine rings is 1. The quantitative estimate of drug-likeness (QED) is 0.758. The number of nitrogens with one attached hydrogen (secondary N) is 1. The summed E-state index contributed by atoms with van der Waals surface area (Å²) in [6, 6.07) is 0.815. The Labute approximate surface area is 93.2 Å². The van der Waals surface area contributed by atoms with Crippen LogP contribution in [0.4, 0.5) is 0 Å². The van der Waals surface area contributed by atoms with Crippen molar-refractivity contribution in [3.8, 4) is 0 Å². The third kappa shape index (κ3) is 2.92. The van der Waals surface area contributed by atoms with E-state index in [0.717, 1.165) is 38.3 Å². The fourth-order valence-electron chi connectivity index (χ4n) is 3.08. The highest BCUT2D eigenvalue weighted by Crippen LogP contribution is 2.28. The van der Waals surface area contributed by atoms with E-state index in [1.54, 1.807) is 0 Å². The fourth-order valence-corrected chi connectivity index (χ4v) is 3.08. The van der Waals surface area contributed by atoms with E-state index in [4.69, 9.17) is 4.74 Å². The lowest BCUT2D eigenvalue weighted by Crippen LogP contribution is -2.50. The van der Waals surface area contributed by atoms with Gasteiger partial charge in [-0.25, -0.2) is 0 Å². The molecule has 88 valence electrons. The number of rotatable bonds is 3. The summed E-state index contributed by atoms with van der Waals surface area (Å²) >= 11 is 0. The van der Waals surface area contributed by atoms with Gasteiger partial charge in [-0.3, -0.25) is 4.90 Å². The van der Waals surface area contributed by atoms with Crippen LogP contribution in [-0.2, 0) is 4.74 Å². The van der Waals surface area contributed by atoms with Crippen LogP contribution in [0.25, 0.3) is 0 Å². The molecule has 1 saturated carbocycles. The summed E-state index contributed by atoms with van der Waals surface area (Å²) in [7, 11) is 2.07. The fraction of sp³-hybridized carbons (Fsp3) is 1.00. The summed E-state index contributed by atoms with van der Waals surface area (Å²) in [6.07, 6.45) is 5.64. The zero-order valence-electron chi connectivity index (χ0n) is 9.87. The molecule has 0 spiro atoms. The standard InChI is InChI=1S/C12H24N2O/c1-13-10-11-4-2-3-5-12(11)14-6-8-15-9-7-14/h11-13H,2-10H2,1H3. The third-order valence-corrected chi connectivity index (χ3v) is 3.85. The third-order valence-electron chi connectivity index (χ3n) is 3.85. The molecular formula is C12H24N2O. The van der Waals surface area contributed by atoms with Crippen molar-refractivity contribution in [2.45, 2.75) is 31.7 Å². The minimum Gasteiger partial charge on any atom is -0.379 e. The maximum Gasteiger partial charge on any atom is 0.0594 e. The first-order chi connectivity index (χ1) is 7.42. The summed E-state index contributed by atoms with van der Waals surface area (Å²) in [5.74, 6) is 0.863. The molecule has 2 aliphatic rings. The molecule has 1 heterocycles. The van der Waals surface area contributed by atoms with Crippen LogP contribution in [0, 0.1) is 5.92 Å². The summed E-state index contributed by atoms with van der Waals surface area (Å²) in [5.41, 5.74) is 0. The van der Waals surface area contributed by atoms with Crippen molar-refractivity contribution in [3.63, 3.8) is 0 Å². The first kappa shape index (κ1) is 11.4. The minimum atomic E-state index is 0.815. The van der Waals surface area contributed by atoms with Crippen LogP contribution in [0.2, 0.25) is 0 Å². The van der Waals surface area contributed by atoms with Gasteiger partial charge in [0.25, 0.3) is 0 Å². The molecule has 1 aliphatic heterocycles. The largest absolute Gasteiger partial charge is 0.379 e. The maximum atomic E-state index is 5.43. The first-order valence-electron chi connectivity index (χ1n) is 6.38. The average Bonchev–Trinajstić information content (AvgIpc) is 2.31. The van der Waals surface area contributed by atoms with E-state index in [2.05, 4.69) is 17.3 Å². The van der Waals surface area contributed by atoms with Crippen molar-refractivity contribution in [1.29, 1.82) is 0 Å². The molecule has 0 bridgehead atoms. The molecule has 1 aliphatic carbocycles. The molecule has 3 heteroatoms. The molecule has 2 atom stereocenters. The molecule has 2 fully saturated rings. The van der Waals surface area contributed by atoms with Gasteiger partial charge in [-0.2, -0.15) is 0 Å². The van der Waals surface area contributed by atoms with Crippen LogP contribution < -0.4 is 5.32 Å². The second-order valence-electron chi connectivity index (χ2n) is 4.82. The van der Waals surface area contributed by atoms with Crippen LogP contribution in [0.15, 0.2) is 0 Å². The molecular weight excluding hydrogens is 188 g/mol. The smallest absolute Gasteiger partial charge is 0.0594 e. The molecule has 1 saturated heterocycles. The molecule has 2 rings (SSSR count). The van der Waals surface area contributed by atoms with Gasteiger partial charge >= 0.3 is 0 Å². The predicted molar refractivity (Wildman–Crippen MR) is 62.1 cm³/mol. The lowest BCUT2D eigenvalue weighted by molar-refractivity contribution is -0.00688. The van der Waals surface area contributed by atoms with Gasteiger partial charge in [0.05, 0.1) is 13.2 Å². The number of hydrogen-bond acceptors (Lipinski definition) is 3. The Bertz CT molecular complexity index is 168. The Hall–Kier alpha value is -0.120. The van der Waals surface area contributed by atoms with E-state index in [1.165, 1.54) is 32.2 Å². The van der Waals surface area contributed by atoms with Crippen molar-refractivity contribution in [2.75, 3.05) is 39.9 Å². The Balaban J connectivity index is 1.90. The van der Waals surface area contributed by atoms with E-state index in [9.17, 15) is 0 Å². The van der Waals surface area contributed by atoms with Gasteiger partial charge in [-0.15, -0.1) is 0 Å². The molecule has 1 N–H and O–H groups in total. The van der Waals surface area contributed by atoms with Gasteiger partial charge in [0.1, 0.15) is 0 Å². The van der Waals surface area contributed by atoms with Crippen LogP contribution in [0.3, 0.4) is 0 Å². The van der Waals surface area contributed by atoms with Crippen molar-refractivity contribution in [2.24, 2.45) is 5.92 Å². The Morgan fingerprint density at radius 3 is 2.67 bits per heavy atom. The summed E-state index contributed by atoms with van der Waals surface area (Å²) in [6.45, 7) is 5.34. The SMILES string of the molecule is CNCC1CCCCC1N1CCOCC1. The van der Waals surface area contributed by atoms with Crippen molar-refractivity contribution < 1.29 is 4.74 Å². The molecule has 0 radical (unpaired) electrons. The highest BCUT2D eigenvalue weighted by atomic mass is 16.5. The van der Waals surface area contributed by atoms with Gasteiger partial charge in [0.2, 0.25) is 0 Å². The second kappa shape index (κ2) is 5.83. The van der Waals surface area contributed by atoms with Gasteiger partial charge in [-0.1, -0.05) is 12.8 Å². The zero-order valence-corrected chi connectivity index (χ0v) is 9.87. The van der Waals surface area contributed by atoms with E-state index in [-0.39, 0.29) is 0 Å². The van der Waals surface area contributed by atoms with E-state index in [0.29, 0.717) is 0 Å². The Morgan fingerprint density at radius 1 is 1.20 bits per heavy atom. The molecule has 3 nitrogen and oxygen atoms in total. The number of nitrogens with zero attached hydrogens (tertiary/aromatic N) is 1. The highest BCUT2D eigenvalue weighted by molar-refractivity contribution is 4.85. The van der Waals surface area contributed by atoms with Gasteiger partial charge < -0.3 is 10.1 Å². The molecule has 0 aromatic heterocycles. The van der Waals surface area contributed by atoms with Crippen LogP contribution in [0.5, 0.6) is 0 Å². The maximum absolute atomic E-state index is 5.43. The lowest BCUT2D eigenvalue weighted by atomic mass is 9.83. The monoisotopic (exact) mass is 212 g/mol. The molecule has 0 amide bonds. The van der Waals surface area contributed by atoms with E-state index in [1.807, 2.05) is 0 Å². The Kier molecular flexibility index (Phi) is 4.42. The van der Waals surface area contributed by atoms with Crippen LogP contribution in [0.1, 0.15) is 25.7 Å². The van der Waals surface area contributed by atoms with Crippen molar-refractivity contribution in [1.82, 2.24) is 10.2 Å². The number of ether oxygens (including phenoxy) is 1. The van der Waals surface area contributed by atoms with Gasteiger partial charge in [0.15, 0.2) is 0 Å². The molecule has 2 unspecified atom stereocenters. The molecule has 0 aromatic rings. The van der Waals surface area contributed by atoms with Crippen molar-refractivity contribution >= 4 is 0 Å². The van der Waals surface area contributed by atoms with Crippen LogP contribution >= 0.6 is 0 Å². The van der Waals surface area contributed by atoms with Gasteiger partial charge in [0, 0.05) is 19.1 Å². The van der Waals surface area contributed by atoms with Gasteiger partial charge in [-0.05, 0) is 32.4 Å². The first-order valence-corrected chi connectivity index (χ1v) is 6.38. The highest BCUT2D eigenvalue weighted by Gasteiger charge is 2.30. The zero-order chi connectivity index (χ0) is 10.5. The molecule has 0 aromatic carbocycles. The van der Waals surface area contributed by atoms with E-state index >= 15 is 0 Å². The summed E-state index contributed by atoms with van der Waals surface area (Å²) in [5, 5.41) is 3.35. The predicted octanol–water partition coefficient (Wildman–Crippen LogP) is 1.10. The normalized spacial score (nSPS) is 34.2. The topological polar surface area (TPSA) is 24.5 Å². The summed E-state index contributed by atoms with van der Waals surface area (Å²) < 4.78 is 5.43. The minimum absolute atomic E-state index is 0.815. The molecule has 15 heavy (non-hydrogen) atoms. The van der Waals surface area contributed by atoms with Crippen molar-refractivity contribution in [3.05, 3.63) is 0 Å². The number of hydrogen-bond donors (Lipinski definition) is 1. The van der Waals surface area contributed by atoms with Crippen LogP contribution in [-0.4, -0.2) is 50.8 Å². The second-order valence-corrected chi connectivity index (χ2v) is 4.82. The lowest BCUT2D eigenvalue weighted by Gasteiger charge is -2.41. The summed E-state index contributed by atoms with van der Waals surface area (Å²) in [4.78, 5) is 2.66. The Morgan fingerprint density at radius 2 is 1.93 bits per heavy atom. The van der Waals surface area contributed by atoms with E-state index < -0.39 is 0 Å². The average molecular weight is 212 g/mol.